The number of aromatic nitrogens is 2. The monoisotopic (exact) mass is 373 g/mol. The Balaban J connectivity index is 2.29. The lowest BCUT2D eigenvalue weighted by Crippen LogP contribution is -2.27. The van der Waals surface area contributed by atoms with Crippen LogP contribution in [-0.2, 0) is 16.6 Å². The third kappa shape index (κ3) is 3.45. The van der Waals surface area contributed by atoms with Crippen LogP contribution in [0.15, 0.2) is 33.9 Å². The van der Waals surface area contributed by atoms with Gasteiger partial charge in [-0.2, -0.15) is 4.31 Å². The van der Waals surface area contributed by atoms with Gasteiger partial charge in [-0.25, -0.2) is 13.4 Å². The highest BCUT2D eigenvalue weighted by Crippen LogP contribution is 2.25. The number of nitrogens with zero attached hydrogens (tertiary/aromatic N) is 2. The fourth-order valence-electron chi connectivity index (χ4n) is 1.89. The number of aromatic amines is 1. The van der Waals surface area contributed by atoms with E-state index in [9.17, 15) is 8.42 Å². The molecule has 0 aliphatic rings. The van der Waals surface area contributed by atoms with Gasteiger partial charge in [0.15, 0.2) is 5.03 Å². The molecule has 2 rings (SSSR count). The minimum atomic E-state index is -3.61. The molecule has 8 heteroatoms. The standard InChI is InChI=1S/C13H16BrN3O3S/c1-9-15-7-13(16-9)21(18,19)17(2)8-10-6-11(14)4-5-12(10)20-3/h4-7H,8H2,1-3H3,(H,15,16). The van der Waals surface area contributed by atoms with Gasteiger partial charge in [-0.15, -0.1) is 0 Å². The molecule has 0 spiro atoms. The minimum absolute atomic E-state index is 0.0801. The Morgan fingerprint density at radius 2 is 2.14 bits per heavy atom. The summed E-state index contributed by atoms with van der Waals surface area (Å²) >= 11 is 3.37. The molecule has 6 nitrogen and oxygen atoms in total. The van der Waals surface area contributed by atoms with Crippen LogP contribution in [0.5, 0.6) is 5.75 Å². The first kappa shape index (κ1) is 16.0. The maximum Gasteiger partial charge on any atom is 0.260 e. The molecule has 0 atom stereocenters. The molecule has 0 saturated carbocycles. The van der Waals surface area contributed by atoms with Crippen LogP contribution in [0, 0.1) is 6.92 Å². The summed E-state index contributed by atoms with van der Waals surface area (Å²) in [6.45, 7) is 1.90. The molecule has 0 radical (unpaired) electrons. The summed E-state index contributed by atoms with van der Waals surface area (Å²) < 4.78 is 32.3. The highest BCUT2D eigenvalue weighted by atomic mass is 79.9. The molecule has 0 unspecified atom stereocenters. The molecule has 0 amide bonds. The van der Waals surface area contributed by atoms with Gasteiger partial charge in [0.25, 0.3) is 10.0 Å². The number of benzene rings is 1. The average molecular weight is 374 g/mol. The Labute approximate surface area is 132 Å². The summed E-state index contributed by atoms with van der Waals surface area (Å²) in [4.78, 5) is 6.67. The molecule has 0 fully saturated rings. The molecule has 1 aromatic carbocycles. The molecule has 1 heterocycles. The number of sulfonamides is 1. The summed E-state index contributed by atoms with van der Waals surface area (Å²) in [7, 11) is -0.535. The second-order valence-electron chi connectivity index (χ2n) is 4.55. The van der Waals surface area contributed by atoms with Gasteiger partial charge in [0, 0.05) is 23.6 Å². The normalized spacial score (nSPS) is 11.9. The first-order chi connectivity index (χ1) is 9.84. The van der Waals surface area contributed by atoms with Crippen LogP contribution < -0.4 is 4.74 Å². The van der Waals surface area contributed by atoms with E-state index < -0.39 is 10.0 Å². The number of hydrogen-bond acceptors (Lipinski definition) is 4. The van der Waals surface area contributed by atoms with Crippen molar-refractivity contribution < 1.29 is 13.2 Å². The molecule has 1 aromatic heterocycles. The number of nitrogens with one attached hydrogen (secondary N) is 1. The van der Waals surface area contributed by atoms with Crippen molar-refractivity contribution in [3.63, 3.8) is 0 Å². The van der Waals surface area contributed by atoms with Gasteiger partial charge in [-0.05, 0) is 25.1 Å². The Hall–Kier alpha value is -1.38. The van der Waals surface area contributed by atoms with Crippen LogP contribution in [0.2, 0.25) is 0 Å². The van der Waals surface area contributed by atoms with E-state index in [-0.39, 0.29) is 11.6 Å². The van der Waals surface area contributed by atoms with Gasteiger partial charge >= 0.3 is 0 Å². The van der Waals surface area contributed by atoms with E-state index in [0.717, 1.165) is 10.0 Å². The summed E-state index contributed by atoms with van der Waals surface area (Å²) in [5.41, 5.74) is 0.772. The van der Waals surface area contributed by atoms with Crippen molar-refractivity contribution in [3.05, 3.63) is 40.3 Å². The topological polar surface area (TPSA) is 75.3 Å². The predicted molar refractivity (Wildman–Crippen MR) is 82.7 cm³/mol. The number of H-pyrrole nitrogens is 1. The predicted octanol–water partition coefficient (Wildman–Crippen LogP) is 2.31. The maximum atomic E-state index is 12.4. The second-order valence-corrected chi connectivity index (χ2v) is 7.48. The van der Waals surface area contributed by atoms with Crippen molar-refractivity contribution in [2.75, 3.05) is 14.2 Å². The molecule has 0 aliphatic heterocycles. The van der Waals surface area contributed by atoms with Crippen LogP contribution in [0.4, 0.5) is 0 Å². The number of methoxy groups -OCH3 is 1. The zero-order chi connectivity index (χ0) is 15.6. The van der Waals surface area contributed by atoms with Gasteiger partial charge in [0.1, 0.15) is 11.6 Å². The largest absolute Gasteiger partial charge is 0.496 e. The first-order valence-electron chi connectivity index (χ1n) is 6.15. The second kappa shape index (κ2) is 6.17. The Bertz CT molecular complexity index is 743. The van der Waals surface area contributed by atoms with Crippen molar-refractivity contribution in [3.8, 4) is 5.75 Å². The van der Waals surface area contributed by atoms with Gasteiger partial charge in [0.2, 0.25) is 0 Å². The fraction of sp³-hybridized carbons (Fsp3) is 0.308. The van der Waals surface area contributed by atoms with Gasteiger partial charge in [0.05, 0.1) is 13.3 Å². The molecular weight excluding hydrogens is 358 g/mol. The summed E-state index contributed by atoms with van der Waals surface area (Å²) in [5.74, 6) is 1.20. The number of halogens is 1. The summed E-state index contributed by atoms with van der Waals surface area (Å²) in [6.07, 6.45) is 1.32. The highest BCUT2D eigenvalue weighted by molar-refractivity contribution is 9.10. The molecule has 21 heavy (non-hydrogen) atoms. The lowest BCUT2D eigenvalue weighted by atomic mass is 10.2. The Morgan fingerprint density at radius 3 is 2.71 bits per heavy atom. The number of ether oxygens (including phenoxy) is 1. The van der Waals surface area contributed by atoms with E-state index in [2.05, 4.69) is 25.9 Å². The van der Waals surface area contributed by atoms with Crippen LogP contribution in [0.1, 0.15) is 11.4 Å². The quantitative estimate of drug-likeness (QED) is 0.872. The fourth-order valence-corrected chi connectivity index (χ4v) is 3.41. The van der Waals surface area contributed by atoms with Crippen LogP contribution in [0.3, 0.4) is 0 Å². The summed E-state index contributed by atoms with van der Waals surface area (Å²) in [6, 6.07) is 5.47. The molecule has 114 valence electrons. The van der Waals surface area contributed by atoms with Crippen molar-refractivity contribution in [2.24, 2.45) is 0 Å². The van der Waals surface area contributed by atoms with E-state index in [0.29, 0.717) is 11.6 Å². The van der Waals surface area contributed by atoms with Crippen LogP contribution in [0.25, 0.3) is 0 Å². The smallest absolute Gasteiger partial charge is 0.260 e. The van der Waals surface area contributed by atoms with E-state index in [1.807, 2.05) is 12.1 Å². The van der Waals surface area contributed by atoms with Gasteiger partial charge in [-0.3, -0.25) is 0 Å². The van der Waals surface area contributed by atoms with Crippen molar-refractivity contribution >= 4 is 26.0 Å². The van der Waals surface area contributed by atoms with E-state index in [1.165, 1.54) is 17.5 Å². The zero-order valence-electron chi connectivity index (χ0n) is 11.9. The highest BCUT2D eigenvalue weighted by Gasteiger charge is 2.24. The van der Waals surface area contributed by atoms with E-state index >= 15 is 0 Å². The molecule has 0 aliphatic carbocycles. The SMILES string of the molecule is COc1ccc(Br)cc1CN(C)S(=O)(=O)c1cnc(C)[nH]1. The van der Waals surface area contributed by atoms with Crippen LogP contribution >= 0.6 is 15.9 Å². The maximum absolute atomic E-state index is 12.4. The number of hydrogen-bond donors (Lipinski definition) is 1. The number of aryl methyl sites for hydroxylation is 1. The summed E-state index contributed by atoms with van der Waals surface area (Å²) in [5, 5.41) is 0.0801. The van der Waals surface area contributed by atoms with E-state index in [4.69, 9.17) is 4.74 Å². The van der Waals surface area contributed by atoms with Crippen LogP contribution in [-0.4, -0.2) is 36.8 Å². The molecule has 2 aromatic rings. The number of rotatable bonds is 5. The average Bonchev–Trinajstić information content (AvgIpc) is 2.86. The van der Waals surface area contributed by atoms with Gasteiger partial charge in [-0.1, -0.05) is 15.9 Å². The van der Waals surface area contributed by atoms with Crippen molar-refractivity contribution in [1.82, 2.24) is 14.3 Å². The van der Waals surface area contributed by atoms with E-state index in [1.54, 1.807) is 20.1 Å². The minimum Gasteiger partial charge on any atom is -0.496 e. The van der Waals surface area contributed by atoms with Crippen molar-refractivity contribution in [2.45, 2.75) is 18.5 Å². The van der Waals surface area contributed by atoms with Gasteiger partial charge < -0.3 is 9.72 Å². The molecule has 1 N–H and O–H groups in total. The Kier molecular flexibility index (Phi) is 4.70. The first-order valence-corrected chi connectivity index (χ1v) is 8.38. The molecular formula is C13H16BrN3O3S. The van der Waals surface area contributed by atoms with Crippen molar-refractivity contribution in [1.29, 1.82) is 0 Å². The zero-order valence-corrected chi connectivity index (χ0v) is 14.3. The molecule has 0 bridgehead atoms. The Morgan fingerprint density at radius 1 is 1.43 bits per heavy atom. The third-order valence-electron chi connectivity index (χ3n) is 3.00. The number of imidazole rings is 1. The lowest BCUT2D eigenvalue weighted by molar-refractivity contribution is 0.397. The molecule has 0 saturated heterocycles. The third-order valence-corrected chi connectivity index (χ3v) is 5.21. The lowest BCUT2D eigenvalue weighted by Gasteiger charge is -2.18.